The standard InChI is InChI=1S/C20H20N2O2/c1-23-19-7-6-15(13-20(19)24-18-4-2-3-5-18)12-17(14-21)16-8-10-22-11-9-16/h6-13,18H,2-5H2,1H3. The van der Waals surface area contributed by atoms with Gasteiger partial charge in [0.1, 0.15) is 0 Å². The average molecular weight is 320 g/mol. The van der Waals surface area contributed by atoms with Gasteiger partial charge in [0.05, 0.1) is 24.9 Å². The molecule has 0 radical (unpaired) electrons. The summed E-state index contributed by atoms with van der Waals surface area (Å²) < 4.78 is 11.5. The maximum atomic E-state index is 9.45. The van der Waals surface area contributed by atoms with Crippen LogP contribution >= 0.6 is 0 Å². The van der Waals surface area contributed by atoms with Crippen LogP contribution in [0.4, 0.5) is 0 Å². The molecule has 1 aromatic carbocycles. The van der Waals surface area contributed by atoms with E-state index in [-0.39, 0.29) is 6.10 Å². The Morgan fingerprint density at radius 1 is 1.17 bits per heavy atom. The van der Waals surface area contributed by atoms with Gasteiger partial charge in [-0.05, 0) is 67.2 Å². The Morgan fingerprint density at radius 3 is 2.58 bits per heavy atom. The second kappa shape index (κ2) is 7.65. The zero-order chi connectivity index (χ0) is 16.8. The molecule has 0 aliphatic heterocycles. The summed E-state index contributed by atoms with van der Waals surface area (Å²) in [7, 11) is 1.64. The normalized spacial score (nSPS) is 15.1. The molecular weight excluding hydrogens is 300 g/mol. The lowest BCUT2D eigenvalue weighted by Crippen LogP contribution is -2.11. The van der Waals surface area contributed by atoms with E-state index < -0.39 is 0 Å². The molecule has 1 heterocycles. The Morgan fingerprint density at radius 2 is 1.92 bits per heavy atom. The van der Waals surface area contributed by atoms with Crippen LogP contribution in [-0.2, 0) is 0 Å². The summed E-state index contributed by atoms with van der Waals surface area (Å²) >= 11 is 0. The zero-order valence-electron chi connectivity index (χ0n) is 13.7. The summed E-state index contributed by atoms with van der Waals surface area (Å²) in [5, 5.41) is 9.45. The maximum absolute atomic E-state index is 9.45. The van der Waals surface area contributed by atoms with Crippen molar-refractivity contribution in [3.63, 3.8) is 0 Å². The molecule has 0 unspecified atom stereocenters. The number of nitriles is 1. The van der Waals surface area contributed by atoms with Crippen LogP contribution in [-0.4, -0.2) is 18.2 Å². The van der Waals surface area contributed by atoms with E-state index in [1.807, 2.05) is 36.4 Å². The molecule has 0 amide bonds. The van der Waals surface area contributed by atoms with E-state index in [0.29, 0.717) is 5.57 Å². The first-order chi connectivity index (χ1) is 11.8. The Hall–Kier alpha value is -2.80. The lowest BCUT2D eigenvalue weighted by Gasteiger charge is -2.16. The molecule has 0 atom stereocenters. The summed E-state index contributed by atoms with van der Waals surface area (Å²) in [5.74, 6) is 1.46. The molecule has 0 spiro atoms. The summed E-state index contributed by atoms with van der Waals surface area (Å²) in [5.41, 5.74) is 2.35. The van der Waals surface area contributed by atoms with Crippen molar-refractivity contribution in [1.82, 2.24) is 4.98 Å². The van der Waals surface area contributed by atoms with Crippen LogP contribution in [0.25, 0.3) is 11.6 Å². The van der Waals surface area contributed by atoms with Gasteiger partial charge in [-0.15, -0.1) is 0 Å². The van der Waals surface area contributed by atoms with E-state index >= 15 is 0 Å². The number of rotatable bonds is 5. The van der Waals surface area contributed by atoms with Crippen LogP contribution in [0.1, 0.15) is 36.8 Å². The molecule has 4 heteroatoms. The third-order valence-corrected chi connectivity index (χ3v) is 4.21. The highest BCUT2D eigenvalue weighted by atomic mass is 16.5. The maximum Gasteiger partial charge on any atom is 0.162 e. The number of methoxy groups -OCH3 is 1. The number of aromatic nitrogens is 1. The monoisotopic (exact) mass is 320 g/mol. The zero-order valence-corrected chi connectivity index (χ0v) is 13.7. The summed E-state index contributed by atoms with van der Waals surface area (Å²) in [6.45, 7) is 0. The smallest absolute Gasteiger partial charge is 0.162 e. The van der Waals surface area contributed by atoms with E-state index in [1.165, 1.54) is 12.8 Å². The SMILES string of the molecule is COc1ccc(C=C(C#N)c2ccncc2)cc1OC1CCCC1. The lowest BCUT2D eigenvalue weighted by molar-refractivity contribution is 0.201. The molecule has 1 aliphatic rings. The Balaban J connectivity index is 1.90. The van der Waals surface area contributed by atoms with Crippen molar-refractivity contribution in [3.05, 3.63) is 53.9 Å². The van der Waals surface area contributed by atoms with Crippen molar-refractivity contribution in [2.24, 2.45) is 0 Å². The molecule has 4 nitrogen and oxygen atoms in total. The van der Waals surface area contributed by atoms with Crippen LogP contribution < -0.4 is 9.47 Å². The molecule has 24 heavy (non-hydrogen) atoms. The van der Waals surface area contributed by atoms with Crippen LogP contribution in [0.2, 0.25) is 0 Å². The molecule has 2 aromatic rings. The van der Waals surface area contributed by atoms with Crippen molar-refractivity contribution in [2.75, 3.05) is 7.11 Å². The van der Waals surface area contributed by atoms with Gasteiger partial charge in [-0.2, -0.15) is 5.26 Å². The number of ether oxygens (including phenoxy) is 2. The third-order valence-electron chi connectivity index (χ3n) is 4.21. The molecule has 1 saturated carbocycles. The lowest BCUT2D eigenvalue weighted by atomic mass is 10.0. The molecule has 0 bridgehead atoms. The van der Waals surface area contributed by atoms with Crippen molar-refractivity contribution in [3.8, 4) is 17.6 Å². The predicted octanol–water partition coefficient (Wildman–Crippen LogP) is 4.48. The van der Waals surface area contributed by atoms with E-state index in [2.05, 4.69) is 11.1 Å². The Bertz CT molecular complexity index is 757. The van der Waals surface area contributed by atoms with Gasteiger partial charge in [0.15, 0.2) is 11.5 Å². The highest BCUT2D eigenvalue weighted by molar-refractivity contribution is 5.89. The predicted molar refractivity (Wildman–Crippen MR) is 93.6 cm³/mol. The minimum Gasteiger partial charge on any atom is -0.493 e. The first-order valence-electron chi connectivity index (χ1n) is 8.17. The minimum absolute atomic E-state index is 0.258. The highest BCUT2D eigenvalue weighted by Crippen LogP contribution is 2.33. The summed E-state index contributed by atoms with van der Waals surface area (Å²) in [6, 6.07) is 11.7. The molecule has 1 aliphatic carbocycles. The van der Waals surface area contributed by atoms with Gasteiger partial charge < -0.3 is 9.47 Å². The number of allylic oxidation sites excluding steroid dienone is 1. The third kappa shape index (κ3) is 3.75. The second-order valence-corrected chi connectivity index (χ2v) is 5.84. The first kappa shape index (κ1) is 16.1. The van der Waals surface area contributed by atoms with Crippen molar-refractivity contribution in [2.45, 2.75) is 31.8 Å². The van der Waals surface area contributed by atoms with Crippen molar-refractivity contribution >= 4 is 11.6 Å². The van der Waals surface area contributed by atoms with E-state index in [1.54, 1.807) is 19.5 Å². The molecule has 1 fully saturated rings. The van der Waals surface area contributed by atoms with Crippen LogP contribution in [0.5, 0.6) is 11.5 Å². The van der Waals surface area contributed by atoms with Gasteiger partial charge in [0.2, 0.25) is 0 Å². The number of hydrogen-bond acceptors (Lipinski definition) is 4. The molecule has 122 valence electrons. The number of hydrogen-bond donors (Lipinski definition) is 0. The quantitative estimate of drug-likeness (QED) is 0.762. The van der Waals surface area contributed by atoms with Crippen LogP contribution in [0, 0.1) is 11.3 Å². The first-order valence-corrected chi connectivity index (χ1v) is 8.17. The van der Waals surface area contributed by atoms with E-state index in [0.717, 1.165) is 35.5 Å². The molecular formula is C20H20N2O2. The molecule has 3 rings (SSSR count). The van der Waals surface area contributed by atoms with E-state index in [4.69, 9.17) is 9.47 Å². The largest absolute Gasteiger partial charge is 0.493 e. The number of nitrogens with zero attached hydrogens (tertiary/aromatic N) is 2. The fourth-order valence-electron chi connectivity index (χ4n) is 2.94. The van der Waals surface area contributed by atoms with Crippen LogP contribution in [0.3, 0.4) is 0 Å². The fourth-order valence-corrected chi connectivity index (χ4v) is 2.94. The van der Waals surface area contributed by atoms with Gasteiger partial charge in [-0.1, -0.05) is 6.07 Å². The van der Waals surface area contributed by atoms with Gasteiger partial charge in [0, 0.05) is 12.4 Å². The average Bonchev–Trinajstić information content (AvgIpc) is 3.14. The highest BCUT2D eigenvalue weighted by Gasteiger charge is 2.18. The number of benzene rings is 1. The van der Waals surface area contributed by atoms with Crippen LogP contribution in [0.15, 0.2) is 42.7 Å². The van der Waals surface area contributed by atoms with Gasteiger partial charge in [-0.3, -0.25) is 4.98 Å². The topological polar surface area (TPSA) is 55.1 Å². The molecule has 0 saturated heterocycles. The second-order valence-electron chi connectivity index (χ2n) is 5.84. The molecule has 1 aromatic heterocycles. The van der Waals surface area contributed by atoms with E-state index in [9.17, 15) is 5.26 Å². The Kier molecular flexibility index (Phi) is 5.12. The fraction of sp³-hybridized carbons (Fsp3) is 0.300. The van der Waals surface area contributed by atoms with Crippen molar-refractivity contribution in [1.29, 1.82) is 5.26 Å². The van der Waals surface area contributed by atoms with Gasteiger partial charge in [-0.25, -0.2) is 0 Å². The summed E-state index contributed by atoms with van der Waals surface area (Å²) in [4.78, 5) is 3.99. The summed E-state index contributed by atoms with van der Waals surface area (Å²) in [6.07, 6.45) is 10.1. The number of pyridine rings is 1. The van der Waals surface area contributed by atoms with Crippen molar-refractivity contribution < 1.29 is 9.47 Å². The Labute approximate surface area is 142 Å². The molecule has 0 N–H and O–H groups in total. The van der Waals surface area contributed by atoms with Gasteiger partial charge in [0.25, 0.3) is 0 Å². The minimum atomic E-state index is 0.258. The van der Waals surface area contributed by atoms with Gasteiger partial charge >= 0.3 is 0 Å².